The molecule has 0 saturated carbocycles. The fraction of sp³-hybridized carbons (Fsp3) is 0.533. The van der Waals surface area contributed by atoms with Gasteiger partial charge in [-0.3, -0.25) is 4.90 Å². The monoisotopic (exact) mass is 277 g/mol. The first-order valence-electron chi connectivity index (χ1n) is 7.17. The molecule has 2 aliphatic heterocycles. The van der Waals surface area contributed by atoms with Crippen molar-refractivity contribution in [1.82, 2.24) is 9.80 Å². The molecule has 2 fully saturated rings. The van der Waals surface area contributed by atoms with E-state index in [1.54, 1.807) is 17.0 Å². The van der Waals surface area contributed by atoms with Gasteiger partial charge < -0.3 is 9.80 Å². The second-order valence-corrected chi connectivity index (χ2v) is 5.66. The van der Waals surface area contributed by atoms with Gasteiger partial charge in [-0.15, -0.1) is 0 Å². The van der Waals surface area contributed by atoms with Gasteiger partial charge in [-0.2, -0.15) is 0 Å². The SMILES string of the molecule is CN1CCC[C@@H](N2CCN(c3ccc(F)cc3)C2=O)C1. The van der Waals surface area contributed by atoms with Crippen LogP contribution in [-0.2, 0) is 0 Å². The van der Waals surface area contributed by atoms with Crippen LogP contribution >= 0.6 is 0 Å². The molecular formula is C15H20FN3O. The van der Waals surface area contributed by atoms with E-state index in [1.807, 2.05) is 4.90 Å². The average molecular weight is 277 g/mol. The van der Waals surface area contributed by atoms with Gasteiger partial charge in [-0.1, -0.05) is 0 Å². The number of urea groups is 1. The molecule has 4 nitrogen and oxygen atoms in total. The second-order valence-electron chi connectivity index (χ2n) is 5.66. The van der Waals surface area contributed by atoms with Crippen LogP contribution in [0.2, 0.25) is 0 Å². The van der Waals surface area contributed by atoms with Gasteiger partial charge in [-0.05, 0) is 50.7 Å². The zero-order chi connectivity index (χ0) is 14.1. The number of halogens is 1. The van der Waals surface area contributed by atoms with Crippen molar-refractivity contribution in [1.29, 1.82) is 0 Å². The topological polar surface area (TPSA) is 26.8 Å². The number of carbonyl (C=O) groups excluding carboxylic acids is 1. The van der Waals surface area contributed by atoms with Gasteiger partial charge in [0.05, 0.1) is 0 Å². The third kappa shape index (κ3) is 2.50. The molecule has 2 aliphatic rings. The minimum atomic E-state index is -0.272. The van der Waals surface area contributed by atoms with Gasteiger partial charge in [0, 0.05) is 31.4 Å². The lowest BCUT2D eigenvalue weighted by Gasteiger charge is -2.35. The van der Waals surface area contributed by atoms with Gasteiger partial charge in [0.25, 0.3) is 0 Å². The van der Waals surface area contributed by atoms with Gasteiger partial charge in [0.1, 0.15) is 5.82 Å². The van der Waals surface area contributed by atoms with Crippen LogP contribution in [0.25, 0.3) is 0 Å². The largest absolute Gasteiger partial charge is 0.324 e. The van der Waals surface area contributed by atoms with Crippen LogP contribution in [0.1, 0.15) is 12.8 Å². The predicted molar refractivity (Wildman–Crippen MR) is 76.4 cm³/mol. The molecule has 1 aromatic carbocycles. The molecule has 2 saturated heterocycles. The quantitative estimate of drug-likeness (QED) is 0.828. The number of likely N-dealkylation sites (N-methyl/N-ethyl adjacent to an activating group) is 1. The number of nitrogens with zero attached hydrogens (tertiary/aromatic N) is 3. The summed E-state index contributed by atoms with van der Waals surface area (Å²) in [5.41, 5.74) is 0.781. The summed E-state index contributed by atoms with van der Waals surface area (Å²) in [6, 6.07) is 6.51. The highest BCUT2D eigenvalue weighted by Gasteiger charge is 2.35. The van der Waals surface area contributed by atoms with E-state index in [1.165, 1.54) is 12.1 Å². The van der Waals surface area contributed by atoms with Crippen molar-refractivity contribution in [3.05, 3.63) is 30.1 Å². The molecule has 0 N–H and O–H groups in total. The molecule has 5 heteroatoms. The Morgan fingerprint density at radius 2 is 1.90 bits per heavy atom. The Labute approximate surface area is 118 Å². The molecule has 0 unspecified atom stereocenters. The summed E-state index contributed by atoms with van der Waals surface area (Å²) >= 11 is 0. The number of benzene rings is 1. The van der Waals surface area contributed by atoms with Crippen molar-refractivity contribution < 1.29 is 9.18 Å². The normalized spacial score (nSPS) is 24.5. The Bertz CT molecular complexity index is 490. The van der Waals surface area contributed by atoms with Gasteiger partial charge in [-0.25, -0.2) is 9.18 Å². The number of likely N-dealkylation sites (tertiary alicyclic amines) is 1. The molecule has 0 aromatic heterocycles. The molecule has 3 rings (SSSR count). The molecular weight excluding hydrogens is 257 g/mol. The number of hydrogen-bond acceptors (Lipinski definition) is 2. The second kappa shape index (κ2) is 5.40. The molecule has 0 spiro atoms. The summed E-state index contributed by atoms with van der Waals surface area (Å²) in [6.45, 7) is 3.50. The summed E-state index contributed by atoms with van der Waals surface area (Å²) in [4.78, 5) is 18.5. The van der Waals surface area contributed by atoms with Crippen LogP contribution in [0, 0.1) is 5.82 Å². The Kier molecular flexibility index (Phi) is 3.61. The van der Waals surface area contributed by atoms with E-state index in [9.17, 15) is 9.18 Å². The van der Waals surface area contributed by atoms with Crippen molar-refractivity contribution in [3.63, 3.8) is 0 Å². The fourth-order valence-electron chi connectivity index (χ4n) is 3.15. The zero-order valence-electron chi connectivity index (χ0n) is 11.8. The van der Waals surface area contributed by atoms with Crippen LogP contribution in [0.5, 0.6) is 0 Å². The number of rotatable bonds is 2. The van der Waals surface area contributed by atoms with Crippen LogP contribution in [-0.4, -0.2) is 55.1 Å². The Morgan fingerprint density at radius 1 is 1.15 bits per heavy atom. The third-order valence-electron chi connectivity index (χ3n) is 4.22. The molecule has 0 bridgehead atoms. The lowest BCUT2D eigenvalue weighted by atomic mass is 10.1. The van der Waals surface area contributed by atoms with E-state index in [4.69, 9.17) is 0 Å². The minimum absolute atomic E-state index is 0.0527. The molecule has 2 heterocycles. The number of hydrogen-bond donors (Lipinski definition) is 0. The lowest BCUT2D eigenvalue weighted by Crippen LogP contribution is -2.48. The molecule has 2 amide bonds. The van der Waals surface area contributed by atoms with Crippen LogP contribution in [0.3, 0.4) is 0 Å². The summed E-state index contributed by atoms with van der Waals surface area (Å²) in [7, 11) is 2.10. The highest BCUT2D eigenvalue weighted by atomic mass is 19.1. The molecule has 0 aliphatic carbocycles. The highest BCUT2D eigenvalue weighted by Crippen LogP contribution is 2.24. The van der Waals surface area contributed by atoms with Gasteiger partial charge >= 0.3 is 6.03 Å². The third-order valence-corrected chi connectivity index (χ3v) is 4.22. The first-order valence-corrected chi connectivity index (χ1v) is 7.17. The van der Waals surface area contributed by atoms with Crippen LogP contribution in [0.15, 0.2) is 24.3 Å². The Morgan fingerprint density at radius 3 is 2.60 bits per heavy atom. The van der Waals surface area contributed by atoms with Crippen LogP contribution < -0.4 is 4.90 Å². The maximum Gasteiger partial charge on any atom is 0.324 e. The lowest BCUT2D eigenvalue weighted by molar-refractivity contribution is 0.143. The van der Waals surface area contributed by atoms with E-state index >= 15 is 0 Å². The molecule has 20 heavy (non-hydrogen) atoms. The summed E-state index contributed by atoms with van der Waals surface area (Å²) in [6.07, 6.45) is 2.22. The zero-order valence-corrected chi connectivity index (χ0v) is 11.8. The first-order chi connectivity index (χ1) is 9.65. The minimum Gasteiger partial charge on any atom is -0.318 e. The first kappa shape index (κ1) is 13.4. The van der Waals surface area contributed by atoms with E-state index in [2.05, 4.69) is 11.9 Å². The maximum absolute atomic E-state index is 13.0. The highest BCUT2D eigenvalue weighted by molar-refractivity contribution is 5.94. The van der Waals surface area contributed by atoms with Gasteiger partial charge in [0.2, 0.25) is 0 Å². The van der Waals surface area contributed by atoms with Crippen molar-refractivity contribution in [3.8, 4) is 0 Å². The fourth-order valence-corrected chi connectivity index (χ4v) is 3.15. The average Bonchev–Trinajstić information content (AvgIpc) is 2.82. The number of carbonyl (C=O) groups is 1. The molecule has 1 aromatic rings. The van der Waals surface area contributed by atoms with Crippen molar-refractivity contribution in [2.24, 2.45) is 0 Å². The number of anilines is 1. The van der Waals surface area contributed by atoms with Crippen LogP contribution in [0.4, 0.5) is 14.9 Å². The van der Waals surface area contributed by atoms with Crippen molar-refractivity contribution in [2.45, 2.75) is 18.9 Å². The van der Waals surface area contributed by atoms with Crippen molar-refractivity contribution in [2.75, 3.05) is 38.1 Å². The standard InChI is InChI=1S/C15H20FN3O/c1-17-8-2-3-14(11-17)19-10-9-18(15(19)20)13-6-4-12(16)5-7-13/h4-7,14H,2-3,8-11H2,1H3/t14-/m1/s1. The van der Waals surface area contributed by atoms with E-state index in [0.717, 1.165) is 38.2 Å². The summed E-state index contributed by atoms with van der Waals surface area (Å²) < 4.78 is 13.0. The van der Waals surface area contributed by atoms with E-state index < -0.39 is 0 Å². The Hall–Kier alpha value is -1.62. The van der Waals surface area contributed by atoms with Crippen molar-refractivity contribution >= 4 is 11.7 Å². The van der Waals surface area contributed by atoms with Gasteiger partial charge in [0.15, 0.2) is 0 Å². The number of piperidine rings is 1. The molecule has 0 radical (unpaired) electrons. The smallest absolute Gasteiger partial charge is 0.318 e. The summed E-state index contributed by atoms with van der Waals surface area (Å²) in [5, 5.41) is 0. The number of amides is 2. The summed E-state index contributed by atoms with van der Waals surface area (Å²) in [5.74, 6) is -0.272. The van der Waals surface area contributed by atoms with E-state index in [0.29, 0.717) is 12.6 Å². The molecule has 108 valence electrons. The Balaban J connectivity index is 1.72. The predicted octanol–water partition coefficient (Wildman–Crippen LogP) is 2.16. The maximum atomic E-state index is 13.0. The molecule has 1 atom stereocenters. The van der Waals surface area contributed by atoms with E-state index in [-0.39, 0.29) is 11.8 Å².